The van der Waals surface area contributed by atoms with Crippen molar-refractivity contribution in [1.29, 1.82) is 0 Å². The molecule has 0 spiro atoms. The number of nitrogens with zero attached hydrogens (tertiary/aromatic N) is 2. The quantitative estimate of drug-likeness (QED) is 0.578. The van der Waals surface area contributed by atoms with Crippen LogP contribution in [0.15, 0.2) is 12.5 Å². The molecule has 0 saturated carbocycles. The average molecular weight is 345 g/mol. The molecule has 3 heterocycles. The summed E-state index contributed by atoms with van der Waals surface area (Å²) in [5, 5.41) is 16.5. The summed E-state index contributed by atoms with van der Waals surface area (Å²) in [6.07, 6.45) is 8.33. The Bertz CT molecular complexity index is 729. The predicted molar refractivity (Wildman–Crippen MR) is 97.2 cm³/mol. The number of aliphatic hydroxyl groups is 1. The zero-order valence-corrected chi connectivity index (χ0v) is 14.9. The van der Waals surface area contributed by atoms with Crippen LogP contribution in [0.25, 0.3) is 11.0 Å². The lowest BCUT2D eigenvalue weighted by atomic mass is 10.0. The maximum Gasteiger partial charge on any atom is 0.225 e. The number of carbonyl (C=O) groups excluding carboxylic acids is 1. The molecule has 3 atom stereocenters. The summed E-state index contributed by atoms with van der Waals surface area (Å²) in [5.41, 5.74) is 2.35. The van der Waals surface area contributed by atoms with Gasteiger partial charge in [0.05, 0.1) is 17.7 Å². The maximum atomic E-state index is 12.1. The number of nitrogens with one attached hydrogen (secondary N) is 3. The van der Waals surface area contributed by atoms with E-state index in [1.54, 1.807) is 0 Å². The number of amides is 1. The van der Waals surface area contributed by atoms with E-state index in [4.69, 9.17) is 0 Å². The summed E-state index contributed by atoms with van der Waals surface area (Å²) >= 11 is 0. The number of unbranched alkanes of at least 4 members (excludes halogenated alkanes) is 3. The second kappa shape index (κ2) is 7.93. The highest BCUT2D eigenvalue weighted by atomic mass is 16.3. The molecule has 1 fully saturated rings. The van der Waals surface area contributed by atoms with E-state index >= 15 is 0 Å². The van der Waals surface area contributed by atoms with Crippen LogP contribution in [0, 0.1) is 0 Å². The molecule has 25 heavy (non-hydrogen) atoms. The molecular weight excluding hydrogens is 318 g/mol. The first-order chi connectivity index (χ1) is 12.1. The number of aliphatic hydroxyl groups excluding tert-OH is 1. The normalized spacial score (nSPS) is 23.2. The molecule has 3 rings (SSSR count). The first-order valence-corrected chi connectivity index (χ1v) is 9.16. The highest BCUT2D eigenvalue weighted by Crippen LogP contribution is 2.32. The number of hydrogen-bond acceptors (Lipinski definition) is 5. The van der Waals surface area contributed by atoms with Crippen LogP contribution >= 0.6 is 0 Å². The summed E-state index contributed by atoms with van der Waals surface area (Å²) < 4.78 is 0. The third-order valence-corrected chi connectivity index (χ3v) is 4.79. The molecule has 0 bridgehead atoms. The highest BCUT2D eigenvalue weighted by Gasteiger charge is 2.33. The molecule has 0 aromatic carbocycles. The Morgan fingerprint density at radius 2 is 2.20 bits per heavy atom. The number of fused-ring (bicyclic) bond motifs is 1. The van der Waals surface area contributed by atoms with E-state index in [-0.39, 0.29) is 18.0 Å². The lowest BCUT2D eigenvalue weighted by Gasteiger charge is -2.14. The molecule has 4 N–H and O–H groups in total. The van der Waals surface area contributed by atoms with Crippen LogP contribution in [0.5, 0.6) is 0 Å². The third kappa shape index (κ3) is 3.99. The van der Waals surface area contributed by atoms with E-state index < -0.39 is 6.10 Å². The molecule has 1 aliphatic heterocycles. The Morgan fingerprint density at radius 1 is 1.36 bits per heavy atom. The monoisotopic (exact) mass is 345 g/mol. The van der Waals surface area contributed by atoms with E-state index in [2.05, 4.69) is 39.4 Å². The van der Waals surface area contributed by atoms with Crippen molar-refractivity contribution < 1.29 is 9.90 Å². The maximum absolute atomic E-state index is 12.1. The number of anilines is 1. The van der Waals surface area contributed by atoms with Gasteiger partial charge in [-0.05, 0) is 19.8 Å². The Hall–Kier alpha value is -1.99. The first kappa shape index (κ1) is 17.8. The van der Waals surface area contributed by atoms with Gasteiger partial charge in [0.25, 0.3) is 0 Å². The van der Waals surface area contributed by atoms with Crippen LogP contribution in [-0.2, 0) is 4.79 Å². The van der Waals surface area contributed by atoms with Gasteiger partial charge in [-0.1, -0.05) is 26.2 Å². The average Bonchev–Trinajstić information content (AvgIpc) is 3.15. The van der Waals surface area contributed by atoms with Crippen molar-refractivity contribution in [3.8, 4) is 0 Å². The fraction of sp³-hybridized carbons (Fsp3) is 0.611. The van der Waals surface area contributed by atoms with Crippen molar-refractivity contribution in [2.24, 2.45) is 0 Å². The third-order valence-electron chi connectivity index (χ3n) is 4.79. The van der Waals surface area contributed by atoms with Crippen molar-refractivity contribution in [3.63, 3.8) is 0 Å². The molecule has 0 unspecified atom stereocenters. The van der Waals surface area contributed by atoms with Crippen molar-refractivity contribution >= 4 is 22.8 Å². The number of rotatable bonds is 7. The van der Waals surface area contributed by atoms with E-state index in [0.29, 0.717) is 24.2 Å². The van der Waals surface area contributed by atoms with Crippen LogP contribution < -0.4 is 10.6 Å². The molecule has 7 heteroatoms. The zero-order chi connectivity index (χ0) is 17.8. The summed E-state index contributed by atoms with van der Waals surface area (Å²) in [4.78, 5) is 23.9. The molecular formula is C18H27N5O2. The van der Waals surface area contributed by atoms with E-state index in [1.807, 2.05) is 6.20 Å². The zero-order valence-electron chi connectivity index (χ0n) is 14.9. The van der Waals surface area contributed by atoms with Crippen LogP contribution in [0.4, 0.5) is 5.82 Å². The number of aromatic nitrogens is 3. The van der Waals surface area contributed by atoms with Gasteiger partial charge in [0.1, 0.15) is 11.8 Å². The van der Waals surface area contributed by atoms with E-state index in [9.17, 15) is 9.90 Å². The highest BCUT2D eigenvalue weighted by molar-refractivity contribution is 5.98. The minimum absolute atomic E-state index is 0.0279. The Kier molecular flexibility index (Phi) is 5.65. The van der Waals surface area contributed by atoms with Gasteiger partial charge in [-0.25, -0.2) is 9.97 Å². The lowest BCUT2D eigenvalue weighted by molar-refractivity contribution is -0.116. The summed E-state index contributed by atoms with van der Waals surface area (Å²) in [7, 11) is 0. The van der Waals surface area contributed by atoms with Gasteiger partial charge in [-0.2, -0.15) is 0 Å². The fourth-order valence-electron chi connectivity index (χ4n) is 3.48. The Morgan fingerprint density at radius 3 is 2.92 bits per heavy atom. The number of H-pyrrole nitrogens is 1. The smallest absolute Gasteiger partial charge is 0.225 e. The van der Waals surface area contributed by atoms with E-state index in [0.717, 1.165) is 36.8 Å². The van der Waals surface area contributed by atoms with Gasteiger partial charge in [0.2, 0.25) is 5.91 Å². The molecule has 0 radical (unpaired) electrons. The van der Waals surface area contributed by atoms with Crippen LogP contribution in [0.1, 0.15) is 64.0 Å². The minimum atomic E-state index is -0.444. The second-order valence-electron chi connectivity index (χ2n) is 6.90. The number of carbonyl (C=O) groups is 1. The SMILES string of the molecule is CCCCCCC(=O)Nc1ncnc2c([C@@H]3N[C@H](C)C[C@H]3O)c[nH]c12. The summed E-state index contributed by atoms with van der Waals surface area (Å²) in [6, 6.07) is 0.102. The van der Waals surface area contributed by atoms with Crippen molar-refractivity contribution in [1.82, 2.24) is 20.3 Å². The van der Waals surface area contributed by atoms with Crippen LogP contribution in [0.2, 0.25) is 0 Å². The standard InChI is InChI=1S/C18H27N5O2/c1-3-4-5-6-7-14(25)23-18-17-16(20-10-21-18)12(9-19-17)15-13(24)8-11(2)22-15/h9-11,13,15,19,22,24H,3-8H2,1-2H3,(H,20,21,23,25)/t11-,13-,15+/m1/s1. The first-order valence-electron chi connectivity index (χ1n) is 9.16. The summed E-state index contributed by atoms with van der Waals surface area (Å²) in [6.45, 7) is 4.20. The predicted octanol–water partition coefficient (Wildman–Crippen LogP) is 2.65. The number of hydrogen-bond donors (Lipinski definition) is 4. The Labute approximate surface area is 147 Å². The van der Waals surface area contributed by atoms with E-state index in [1.165, 1.54) is 6.33 Å². The van der Waals surface area contributed by atoms with Gasteiger partial charge >= 0.3 is 0 Å². The molecule has 1 saturated heterocycles. The van der Waals surface area contributed by atoms with Gasteiger partial charge in [-0.3, -0.25) is 4.79 Å². The van der Waals surface area contributed by atoms with Gasteiger partial charge in [0.15, 0.2) is 5.82 Å². The molecule has 2 aromatic rings. The Balaban J connectivity index is 1.74. The fourth-order valence-corrected chi connectivity index (χ4v) is 3.48. The largest absolute Gasteiger partial charge is 0.391 e. The van der Waals surface area contributed by atoms with Gasteiger partial charge in [0, 0.05) is 24.2 Å². The molecule has 1 amide bonds. The van der Waals surface area contributed by atoms with Crippen LogP contribution in [-0.4, -0.2) is 38.1 Å². The van der Waals surface area contributed by atoms with Gasteiger partial charge < -0.3 is 20.7 Å². The molecule has 136 valence electrons. The molecule has 2 aromatic heterocycles. The lowest BCUT2D eigenvalue weighted by Crippen LogP contribution is -2.23. The second-order valence-corrected chi connectivity index (χ2v) is 6.90. The topological polar surface area (TPSA) is 103 Å². The van der Waals surface area contributed by atoms with Crippen LogP contribution in [0.3, 0.4) is 0 Å². The molecule has 7 nitrogen and oxygen atoms in total. The van der Waals surface area contributed by atoms with Crippen molar-refractivity contribution in [3.05, 3.63) is 18.1 Å². The summed E-state index contributed by atoms with van der Waals surface area (Å²) in [5.74, 6) is 0.470. The minimum Gasteiger partial charge on any atom is -0.391 e. The van der Waals surface area contributed by atoms with Crippen molar-refractivity contribution in [2.45, 2.75) is 70.6 Å². The van der Waals surface area contributed by atoms with Crippen molar-refractivity contribution in [2.75, 3.05) is 5.32 Å². The van der Waals surface area contributed by atoms with Gasteiger partial charge in [-0.15, -0.1) is 0 Å². The molecule has 1 aliphatic rings. The number of aromatic amines is 1. The molecule has 0 aliphatic carbocycles.